The highest BCUT2D eigenvalue weighted by Crippen LogP contribution is 2.21. The monoisotopic (exact) mass is 376 g/mol. The maximum atomic E-state index is 13.5. The Kier molecular flexibility index (Phi) is 6.26. The number of hydrogen-bond donors (Lipinski definition) is 3. The second-order valence-electron chi connectivity index (χ2n) is 5.37. The number of nitrogens with zero attached hydrogens (tertiary/aromatic N) is 1. The summed E-state index contributed by atoms with van der Waals surface area (Å²) in [5.41, 5.74) is 4.31. The molecular weight excluding hydrogens is 359 g/mol. The number of carbonyl (C=O) groups excluding carboxylic acids is 2. The number of rotatable bonds is 6. The van der Waals surface area contributed by atoms with E-state index in [9.17, 15) is 24.1 Å². The Labute approximate surface area is 153 Å². The Hall–Kier alpha value is -3.69. The van der Waals surface area contributed by atoms with Gasteiger partial charge in [0.1, 0.15) is 0 Å². The van der Waals surface area contributed by atoms with Crippen molar-refractivity contribution in [3.63, 3.8) is 0 Å². The second kappa shape index (κ2) is 8.61. The molecule has 0 aliphatic carbocycles. The third-order valence-corrected chi connectivity index (χ3v) is 3.54. The van der Waals surface area contributed by atoms with Crippen LogP contribution in [-0.2, 0) is 4.79 Å². The van der Waals surface area contributed by atoms with E-state index in [2.05, 4.69) is 16.2 Å². The van der Waals surface area contributed by atoms with Gasteiger partial charge in [0, 0.05) is 24.9 Å². The Bertz CT molecular complexity index is 874. The molecule has 0 aliphatic heterocycles. The van der Waals surface area contributed by atoms with Gasteiger partial charge in [0.2, 0.25) is 0 Å². The highest BCUT2D eigenvalue weighted by molar-refractivity contribution is 6.01. The summed E-state index contributed by atoms with van der Waals surface area (Å²) < 4.78 is 18.7. The second-order valence-corrected chi connectivity index (χ2v) is 5.37. The molecule has 2 amide bonds. The van der Waals surface area contributed by atoms with E-state index in [4.69, 9.17) is 4.74 Å². The van der Waals surface area contributed by atoms with Gasteiger partial charge in [0.05, 0.1) is 10.5 Å². The summed E-state index contributed by atoms with van der Waals surface area (Å²) in [6.45, 7) is 1.38. The van der Waals surface area contributed by atoms with E-state index >= 15 is 0 Å². The summed E-state index contributed by atoms with van der Waals surface area (Å²) in [7, 11) is 1.54. The van der Waals surface area contributed by atoms with E-state index in [1.807, 2.05) is 0 Å². The number of anilines is 1. The number of benzene rings is 2. The first-order chi connectivity index (χ1) is 12.8. The molecule has 2 aromatic carbocycles. The lowest BCUT2D eigenvalue weighted by Gasteiger charge is -2.16. The van der Waals surface area contributed by atoms with Crippen molar-refractivity contribution in [2.45, 2.75) is 13.0 Å². The van der Waals surface area contributed by atoms with Crippen LogP contribution < -0.4 is 20.9 Å². The predicted molar refractivity (Wildman–Crippen MR) is 94.7 cm³/mol. The van der Waals surface area contributed by atoms with Crippen LogP contribution in [0.2, 0.25) is 0 Å². The molecule has 27 heavy (non-hydrogen) atoms. The Morgan fingerprint density at radius 3 is 2.52 bits per heavy atom. The van der Waals surface area contributed by atoms with Crippen LogP contribution in [0, 0.1) is 15.9 Å². The first kappa shape index (κ1) is 19.6. The quantitative estimate of drug-likeness (QED) is 0.523. The topological polar surface area (TPSA) is 123 Å². The van der Waals surface area contributed by atoms with Crippen molar-refractivity contribution in [3.8, 4) is 5.75 Å². The fraction of sp³-hybridized carbons (Fsp3) is 0.176. The van der Waals surface area contributed by atoms with E-state index in [1.54, 1.807) is 13.1 Å². The van der Waals surface area contributed by atoms with Crippen LogP contribution in [-0.4, -0.2) is 29.9 Å². The van der Waals surface area contributed by atoms with Crippen molar-refractivity contribution in [3.05, 3.63) is 64.0 Å². The van der Waals surface area contributed by atoms with Gasteiger partial charge in [-0.25, -0.2) is 4.39 Å². The van der Waals surface area contributed by atoms with E-state index in [0.717, 1.165) is 6.07 Å². The van der Waals surface area contributed by atoms with Gasteiger partial charge in [-0.2, -0.15) is 0 Å². The van der Waals surface area contributed by atoms with Crippen LogP contribution in [0.15, 0.2) is 42.5 Å². The standard InChI is InChI=1S/C17H17FN4O5/c1-10(27-15-6-4-3-5-13(15)18)16(23)20-21-17(24)12-9-11(22(25)26)7-8-14(12)19-2/h3-10,19H,1-2H3,(H,20,23)(H,21,24). The molecule has 0 saturated heterocycles. The predicted octanol–water partition coefficient (Wildman–Crippen LogP) is 2.00. The summed E-state index contributed by atoms with van der Waals surface area (Å²) in [5.74, 6) is -2.24. The number of hydrogen-bond acceptors (Lipinski definition) is 6. The molecule has 1 unspecified atom stereocenters. The molecule has 0 heterocycles. The number of nitro benzene ring substituents is 1. The number of nitrogens with one attached hydrogen (secondary N) is 3. The lowest BCUT2D eigenvalue weighted by atomic mass is 10.1. The molecule has 2 aromatic rings. The third kappa shape index (κ3) is 4.91. The molecule has 0 bridgehead atoms. The van der Waals surface area contributed by atoms with Gasteiger partial charge >= 0.3 is 0 Å². The number of non-ortho nitro benzene ring substituents is 1. The average molecular weight is 376 g/mol. The fourth-order valence-electron chi connectivity index (χ4n) is 2.12. The Balaban J connectivity index is 2.02. The minimum Gasteiger partial charge on any atom is -0.478 e. The molecule has 0 spiro atoms. The zero-order valence-electron chi connectivity index (χ0n) is 14.5. The van der Waals surface area contributed by atoms with Crippen molar-refractivity contribution in [1.82, 2.24) is 10.9 Å². The number of ether oxygens (including phenoxy) is 1. The minimum atomic E-state index is -1.10. The smallest absolute Gasteiger partial charge is 0.279 e. The molecule has 9 nitrogen and oxygen atoms in total. The van der Waals surface area contributed by atoms with Crippen LogP contribution in [0.5, 0.6) is 5.75 Å². The number of nitro groups is 1. The van der Waals surface area contributed by atoms with E-state index in [0.29, 0.717) is 5.69 Å². The van der Waals surface area contributed by atoms with Crippen LogP contribution >= 0.6 is 0 Å². The van der Waals surface area contributed by atoms with Crippen molar-refractivity contribution in [2.24, 2.45) is 0 Å². The summed E-state index contributed by atoms with van der Waals surface area (Å²) in [5, 5.41) is 13.6. The normalized spacial score (nSPS) is 11.2. The number of halogens is 1. The Morgan fingerprint density at radius 1 is 1.19 bits per heavy atom. The van der Waals surface area contributed by atoms with Crippen LogP contribution in [0.1, 0.15) is 17.3 Å². The summed E-state index contributed by atoms with van der Waals surface area (Å²) in [4.78, 5) is 34.5. The van der Waals surface area contributed by atoms with Crippen LogP contribution in [0.25, 0.3) is 0 Å². The first-order valence-electron chi connectivity index (χ1n) is 7.81. The molecule has 142 valence electrons. The molecule has 0 fully saturated rings. The van der Waals surface area contributed by atoms with Gasteiger partial charge in [-0.1, -0.05) is 12.1 Å². The summed E-state index contributed by atoms with van der Waals surface area (Å²) >= 11 is 0. The van der Waals surface area contributed by atoms with E-state index in [-0.39, 0.29) is 17.0 Å². The van der Waals surface area contributed by atoms with Crippen molar-refractivity contribution < 1.29 is 23.6 Å². The molecule has 1 atom stereocenters. The average Bonchev–Trinajstić information content (AvgIpc) is 2.66. The minimum absolute atomic E-state index is 0.0327. The number of hydrazine groups is 1. The van der Waals surface area contributed by atoms with Crippen LogP contribution in [0.3, 0.4) is 0 Å². The van der Waals surface area contributed by atoms with Crippen molar-refractivity contribution in [2.75, 3.05) is 12.4 Å². The first-order valence-corrected chi connectivity index (χ1v) is 7.81. The molecule has 0 radical (unpaired) electrons. The van der Waals surface area contributed by atoms with Gasteiger partial charge < -0.3 is 10.1 Å². The van der Waals surface area contributed by atoms with Gasteiger partial charge in [0.25, 0.3) is 17.5 Å². The van der Waals surface area contributed by atoms with E-state index < -0.39 is 28.7 Å². The largest absolute Gasteiger partial charge is 0.478 e. The Morgan fingerprint density at radius 2 is 1.89 bits per heavy atom. The van der Waals surface area contributed by atoms with Gasteiger partial charge in [-0.05, 0) is 25.1 Å². The maximum Gasteiger partial charge on any atom is 0.279 e. The third-order valence-electron chi connectivity index (χ3n) is 3.54. The van der Waals surface area contributed by atoms with E-state index in [1.165, 1.54) is 37.3 Å². The number of carbonyl (C=O) groups is 2. The molecule has 2 rings (SSSR count). The zero-order chi connectivity index (χ0) is 20.0. The summed E-state index contributed by atoms with van der Waals surface area (Å²) in [6.07, 6.45) is -1.10. The molecular formula is C17H17FN4O5. The molecule has 0 saturated carbocycles. The zero-order valence-corrected chi connectivity index (χ0v) is 14.5. The molecule has 10 heteroatoms. The highest BCUT2D eigenvalue weighted by atomic mass is 19.1. The van der Waals surface area contributed by atoms with Crippen molar-refractivity contribution in [1.29, 1.82) is 0 Å². The fourth-order valence-corrected chi connectivity index (χ4v) is 2.12. The van der Waals surface area contributed by atoms with Gasteiger partial charge in [-0.15, -0.1) is 0 Å². The van der Waals surface area contributed by atoms with Gasteiger partial charge in [-0.3, -0.25) is 30.6 Å². The van der Waals surface area contributed by atoms with Gasteiger partial charge in [0.15, 0.2) is 17.7 Å². The lowest BCUT2D eigenvalue weighted by Crippen LogP contribution is -2.47. The summed E-state index contributed by atoms with van der Waals surface area (Å²) in [6, 6.07) is 9.26. The highest BCUT2D eigenvalue weighted by Gasteiger charge is 2.20. The van der Waals surface area contributed by atoms with Crippen molar-refractivity contribution >= 4 is 23.2 Å². The maximum absolute atomic E-state index is 13.5. The molecule has 3 N–H and O–H groups in total. The number of para-hydroxylation sites is 1. The SMILES string of the molecule is CNc1ccc([N+](=O)[O-])cc1C(=O)NNC(=O)C(C)Oc1ccccc1F. The number of amides is 2. The lowest BCUT2D eigenvalue weighted by molar-refractivity contribution is -0.384. The molecule has 0 aromatic heterocycles. The molecule has 0 aliphatic rings. The van der Waals surface area contributed by atoms with Crippen LogP contribution in [0.4, 0.5) is 15.8 Å².